The van der Waals surface area contributed by atoms with Gasteiger partial charge in [-0.25, -0.2) is 0 Å². The first-order valence-electron chi connectivity index (χ1n) is 6.09. The summed E-state index contributed by atoms with van der Waals surface area (Å²) >= 11 is 0. The van der Waals surface area contributed by atoms with E-state index in [1.807, 2.05) is 20.8 Å². The van der Waals surface area contributed by atoms with Gasteiger partial charge in [-0.15, -0.1) is 0 Å². The van der Waals surface area contributed by atoms with Crippen LogP contribution in [-0.2, 0) is 4.79 Å². The molecule has 0 spiro atoms. The van der Waals surface area contributed by atoms with Gasteiger partial charge in [0.15, 0.2) is 0 Å². The molecule has 104 valence electrons. The van der Waals surface area contributed by atoms with Gasteiger partial charge in [-0.2, -0.15) is 13.2 Å². The highest BCUT2D eigenvalue weighted by molar-refractivity contribution is 5.81. The van der Waals surface area contributed by atoms with Crippen molar-refractivity contribution >= 4 is 5.91 Å². The third-order valence-corrected chi connectivity index (χ3v) is 3.28. The van der Waals surface area contributed by atoms with Gasteiger partial charge in [0.25, 0.3) is 0 Å². The topological polar surface area (TPSA) is 20.3 Å². The van der Waals surface area contributed by atoms with Crippen molar-refractivity contribution in [2.75, 3.05) is 13.1 Å². The maximum absolute atomic E-state index is 12.5. The molecule has 0 bridgehead atoms. The molecule has 0 aliphatic carbocycles. The van der Waals surface area contributed by atoms with Gasteiger partial charge < -0.3 is 4.90 Å². The molecule has 0 unspecified atom stereocenters. The van der Waals surface area contributed by atoms with Gasteiger partial charge in [-0.1, -0.05) is 27.4 Å². The highest BCUT2D eigenvalue weighted by Gasteiger charge is 2.39. The third-order valence-electron chi connectivity index (χ3n) is 3.28. The molecule has 2 nitrogen and oxygen atoms in total. The number of nitrogens with zero attached hydrogens (tertiary/aromatic N) is 1. The number of hydrogen-bond donors (Lipinski definition) is 0. The minimum absolute atomic E-state index is 0.00132. The van der Waals surface area contributed by atoms with Crippen LogP contribution in [0.15, 0.2) is 12.2 Å². The van der Waals surface area contributed by atoms with Crippen molar-refractivity contribution in [2.24, 2.45) is 11.3 Å². The van der Waals surface area contributed by atoms with Crippen molar-refractivity contribution in [2.45, 2.75) is 39.8 Å². The summed E-state index contributed by atoms with van der Waals surface area (Å²) in [6.07, 6.45) is -3.62. The summed E-state index contributed by atoms with van der Waals surface area (Å²) in [7, 11) is 0. The molecular weight excluding hydrogens is 243 g/mol. The second-order valence-electron chi connectivity index (χ2n) is 5.84. The Morgan fingerprint density at radius 2 is 1.61 bits per heavy atom. The zero-order chi connectivity index (χ0) is 14.1. The van der Waals surface area contributed by atoms with E-state index in [0.717, 1.165) is 0 Å². The molecule has 0 atom stereocenters. The first-order chi connectivity index (χ1) is 8.03. The van der Waals surface area contributed by atoms with Crippen molar-refractivity contribution in [1.29, 1.82) is 0 Å². The fraction of sp³-hybridized carbons (Fsp3) is 0.769. The van der Waals surface area contributed by atoms with E-state index >= 15 is 0 Å². The molecule has 0 aromatic rings. The molecule has 1 amide bonds. The van der Waals surface area contributed by atoms with Gasteiger partial charge in [0.1, 0.15) is 0 Å². The predicted molar refractivity (Wildman–Crippen MR) is 64.0 cm³/mol. The van der Waals surface area contributed by atoms with Crippen LogP contribution in [-0.4, -0.2) is 30.1 Å². The third kappa shape index (κ3) is 3.50. The van der Waals surface area contributed by atoms with Gasteiger partial charge in [0.2, 0.25) is 5.91 Å². The van der Waals surface area contributed by atoms with Crippen LogP contribution in [0.5, 0.6) is 0 Å². The number of likely N-dealkylation sites (tertiary alicyclic amines) is 1. The van der Waals surface area contributed by atoms with Crippen LogP contribution >= 0.6 is 0 Å². The Labute approximate surface area is 106 Å². The Kier molecular flexibility index (Phi) is 4.13. The van der Waals surface area contributed by atoms with Crippen molar-refractivity contribution in [3.63, 3.8) is 0 Å². The SMILES string of the molecule is C=C(C1CCN(C(=O)C(C)(C)C)CC1)C(F)(F)F. The Bertz CT molecular complexity index is 299. The summed E-state index contributed by atoms with van der Waals surface area (Å²) in [6.45, 7) is 9.36. The number of carbonyl (C=O) groups excluding carboxylic acids is 1. The molecule has 18 heavy (non-hydrogen) atoms. The molecule has 1 saturated heterocycles. The number of halogens is 3. The normalized spacial score (nSPS) is 18.9. The molecule has 0 aromatic heterocycles. The van der Waals surface area contributed by atoms with Gasteiger partial charge in [0, 0.05) is 24.1 Å². The number of alkyl halides is 3. The average Bonchev–Trinajstić information content (AvgIpc) is 2.25. The summed E-state index contributed by atoms with van der Waals surface area (Å²) in [4.78, 5) is 13.6. The van der Waals surface area contributed by atoms with Crippen molar-refractivity contribution in [3.05, 3.63) is 12.2 Å². The van der Waals surface area contributed by atoms with E-state index in [-0.39, 0.29) is 5.91 Å². The lowest BCUT2D eigenvalue weighted by Gasteiger charge is -2.36. The van der Waals surface area contributed by atoms with Crippen LogP contribution in [0, 0.1) is 11.3 Å². The molecule has 1 aliphatic heterocycles. The second-order valence-corrected chi connectivity index (χ2v) is 5.84. The molecule has 1 heterocycles. The zero-order valence-electron chi connectivity index (χ0n) is 11.1. The van der Waals surface area contributed by atoms with Gasteiger partial charge in [0.05, 0.1) is 0 Å². The standard InChI is InChI=1S/C13H20F3NO/c1-9(13(14,15)16)10-5-7-17(8-6-10)11(18)12(2,3)4/h10H,1,5-8H2,2-4H3. The number of piperidine rings is 1. The fourth-order valence-electron chi connectivity index (χ4n) is 2.14. The van der Waals surface area contributed by atoms with Crippen LogP contribution in [0.1, 0.15) is 33.6 Å². The molecule has 0 aromatic carbocycles. The lowest BCUT2D eigenvalue weighted by Crippen LogP contribution is -2.44. The molecular formula is C13H20F3NO. The van der Waals surface area contributed by atoms with Crippen molar-refractivity contribution < 1.29 is 18.0 Å². The minimum Gasteiger partial charge on any atom is -0.342 e. The van der Waals surface area contributed by atoms with E-state index in [2.05, 4.69) is 6.58 Å². The lowest BCUT2D eigenvalue weighted by molar-refractivity contribution is -0.141. The monoisotopic (exact) mass is 263 g/mol. The minimum atomic E-state index is -4.32. The number of rotatable bonds is 1. The Morgan fingerprint density at radius 3 is 1.94 bits per heavy atom. The average molecular weight is 263 g/mol. The van der Waals surface area contributed by atoms with Crippen LogP contribution in [0.4, 0.5) is 13.2 Å². The Balaban J connectivity index is 2.57. The largest absolute Gasteiger partial charge is 0.412 e. The Hall–Kier alpha value is -1.00. The second kappa shape index (κ2) is 4.94. The quantitative estimate of drug-likeness (QED) is 0.664. The maximum Gasteiger partial charge on any atom is 0.412 e. The van der Waals surface area contributed by atoms with Gasteiger partial charge >= 0.3 is 6.18 Å². The van der Waals surface area contributed by atoms with Crippen LogP contribution in [0.25, 0.3) is 0 Å². The van der Waals surface area contributed by atoms with Crippen molar-refractivity contribution in [1.82, 2.24) is 4.90 Å². The van der Waals surface area contributed by atoms with Crippen LogP contribution in [0.3, 0.4) is 0 Å². The molecule has 0 saturated carbocycles. The van der Waals surface area contributed by atoms with Gasteiger partial charge in [-0.05, 0) is 18.8 Å². The predicted octanol–water partition coefficient (Wildman–Crippen LogP) is 3.39. The molecule has 1 rings (SSSR count). The van der Waals surface area contributed by atoms with E-state index in [4.69, 9.17) is 0 Å². The van der Waals surface area contributed by atoms with E-state index in [1.165, 1.54) is 0 Å². The van der Waals surface area contributed by atoms with Crippen LogP contribution < -0.4 is 0 Å². The number of allylic oxidation sites excluding steroid dienone is 1. The number of carbonyl (C=O) groups is 1. The Morgan fingerprint density at radius 1 is 1.17 bits per heavy atom. The lowest BCUT2D eigenvalue weighted by atomic mass is 9.87. The fourth-order valence-corrected chi connectivity index (χ4v) is 2.14. The zero-order valence-corrected chi connectivity index (χ0v) is 11.1. The van der Waals surface area contributed by atoms with Crippen LogP contribution in [0.2, 0.25) is 0 Å². The van der Waals surface area contributed by atoms with Crippen molar-refractivity contribution in [3.8, 4) is 0 Å². The molecule has 5 heteroatoms. The summed E-state index contributed by atoms with van der Waals surface area (Å²) in [5.41, 5.74) is -1.14. The van der Waals surface area contributed by atoms with E-state index in [0.29, 0.717) is 25.9 Å². The highest BCUT2D eigenvalue weighted by atomic mass is 19.4. The first kappa shape index (κ1) is 15.1. The summed E-state index contributed by atoms with van der Waals surface area (Å²) < 4.78 is 37.5. The summed E-state index contributed by atoms with van der Waals surface area (Å²) in [6, 6.07) is 0. The highest BCUT2D eigenvalue weighted by Crippen LogP contribution is 2.35. The summed E-state index contributed by atoms with van der Waals surface area (Å²) in [5.74, 6) is -0.549. The van der Waals surface area contributed by atoms with E-state index in [1.54, 1.807) is 4.90 Å². The van der Waals surface area contributed by atoms with E-state index in [9.17, 15) is 18.0 Å². The smallest absolute Gasteiger partial charge is 0.342 e. The molecule has 1 aliphatic rings. The first-order valence-corrected chi connectivity index (χ1v) is 6.09. The maximum atomic E-state index is 12.5. The molecule has 0 N–H and O–H groups in total. The summed E-state index contributed by atoms with van der Waals surface area (Å²) in [5, 5.41) is 0. The number of amides is 1. The molecule has 0 radical (unpaired) electrons. The molecule has 1 fully saturated rings. The number of hydrogen-bond acceptors (Lipinski definition) is 1. The van der Waals surface area contributed by atoms with Gasteiger partial charge in [-0.3, -0.25) is 4.79 Å². The van der Waals surface area contributed by atoms with E-state index < -0.39 is 23.1 Å².